The molecule has 0 amide bonds. The summed E-state index contributed by atoms with van der Waals surface area (Å²) in [5.74, 6) is 1.62. The number of hydrogen-bond donors (Lipinski definition) is 0. The average molecular weight is 203 g/mol. The van der Waals surface area contributed by atoms with Crippen LogP contribution >= 0.6 is 11.6 Å². The predicted octanol–water partition coefficient (Wildman–Crippen LogP) is 4.47. The molecule has 0 spiro atoms. The van der Waals surface area contributed by atoms with Gasteiger partial charge in [0, 0.05) is 5.38 Å². The van der Waals surface area contributed by atoms with Crippen molar-refractivity contribution in [2.45, 2.75) is 58.8 Å². The largest absolute Gasteiger partial charge is 0.123 e. The number of halogens is 1. The second-order valence-corrected chi connectivity index (χ2v) is 6.16. The van der Waals surface area contributed by atoms with Gasteiger partial charge >= 0.3 is 0 Å². The molecular formula is C12H23Cl. The van der Waals surface area contributed by atoms with Crippen LogP contribution in [0.1, 0.15) is 53.4 Å². The van der Waals surface area contributed by atoms with Gasteiger partial charge < -0.3 is 0 Å². The predicted molar refractivity (Wildman–Crippen MR) is 60.2 cm³/mol. The molecule has 0 radical (unpaired) electrons. The van der Waals surface area contributed by atoms with E-state index in [9.17, 15) is 0 Å². The van der Waals surface area contributed by atoms with Gasteiger partial charge in [0.2, 0.25) is 0 Å². The molecule has 0 N–H and O–H groups in total. The van der Waals surface area contributed by atoms with Crippen molar-refractivity contribution in [2.24, 2.45) is 17.3 Å². The molecule has 1 aliphatic carbocycles. The zero-order chi connectivity index (χ0) is 10.1. The molecule has 1 fully saturated rings. The van der Waals surface area contributed by atoms with Gasteiger partial charge in [-0.05, 0) is 42.9 Å². The van der Waals surface area contributed by atoms with Crippen molar-refractivity contribution in [3.05, 3.63) is 0 Å². The van der Waals surface area contributed by atoms with E-state index in [1.54, 1.807) is 0 Å². The van der Waals surface area contributed by atoms with E-state index in [0.29, 0.717) is 10.8 Å². The minimum Gasteiger partial charge on any atom is -0.123 e. The first kappa shape index (κ1) is 11.4. The van der Waals surface area contributed by atoms with Gasteiger partial charge in [0.1, 0.15) is 0 Å². The van der Waals surface area contributed by atoms with Crippen LogP contribution in [0.15, 0.2) is 0 Å². The minimum absolute atomic E-state index is 0.405. The third kappa shape index (κ3) is 3.16. The van der Waals surface area contributed by atoms with E-state index in [4.69, 9.17) is 11.6 Å². The fourth-order valence-electron chi connectivity index (χ4n) is 3.03. The van der Waals surface area contributed by atoms with E-state index >= 15 is 0 Å². The van der Waals surface area contributed by atoms with Gasteiger partial charge in [-0.2, -0.15) is 0 Å². The normalized spacial score (nSPS) is 35.8. The summed E-state index contributed by atoms with van der Waals surface area (Å²) < 4.78 is 0. The maximum absolute atomic E-state index is 6.34. The molecule has 1 rings (SSSR count). The molecule has 13 heavy (non-hydrogen) atoms. The topological polar surface area (TPSA) is 0 Å². The fraction of sp³-hybridized carbons (Fsp3) is 1.00. The summed E-state index contributed by atoms with van der Waals surface area (Å²) in [5, 5.41) is 0.405. The molecule has 0 saturated heterocycles. The lowest BCUT2D eigenvalue weighted by atomic mass is 9.67. The van der Waals surface area contributed by atoms with Crippen LogP contribution in [0.2, 0.25) is 0 Å². The van der Waals surface area contributed by atoms with E-state index in [1.807, 2.05) is 0 Å². The van der Waals surface area contributed by atoms with Crippen LogP contribution in [-0.2, 0) is 0 Å². The molecule has 0 aromatic carbocycles. The van der Waals surface area contributed by atoms with Crippen molar-refractivity contribution in [2.75, 3.05) is 0 Å². The molecular weight excluding hydrogens is 180 g/mol. The molecule has 0 aromatic rings. The van der Waals surface area contributed by atoms with Crippen molar-refractivity contribution in [1.29, 1.82) is 0 Å². The molecule has 0 aliphatic heterocycles. The number of alkyl halides is 1. The smallest absolute Gasteiger partial charge is 0.0361 e. The SMILES string of the molecule is CCC(Cl)C1CC(C)CC(C)(C)C1. The van der Waals surface area contributed by atoms with Gasteiger partial charge in [0.05, 0.1) is 0 Å². The van der Waals surface area contributed by atoms with Gasteiger partial charge in [-0.1, -0.05) is 27.7 Å². The highest BCUT2D eigenvalue weighted by atomic mass is 35.5. The highest BCUT2D eigenvalue weighted by Gasteiger charge is 2.34. The third-order valence-corrected chi connectivity index (χ3v) is 3.99. The second-order valence-electron chi connectivity index (χ2n) is 5.60. The standard InChI is InChI=1S/C12H23Cl/c1-5-11(13)10-6-9(2)7-12(3,4)8-10/h9-11H,5-8H2,1-4H3. The molecule has 0 nitrogen and oxygen atoms in total. The monoisotopic (exact) mass is 202 g/mol. The summed E-state index contributed by atoms with van der Waals surface area (Å²) >= 11 is 6.34. The summed E-state index contributed by atoms with van der Waals surface area (Å²) in [6.07, 6.45) is 5.15. The van der Waals surface area contributed by atoms with E-state index in [0.717, 1.165) is 18.3 Å². The van der Waals surface area contributed by atoms with Crippen molar-refractivity contribution >= 4 is 11.6 Å². The zero-order valence-electron chi connectivity index (χ0n) is 9.44. The molecule has 1 heteroatoms. The molecule has 78 valence electrons. The maximum Gasteiger partial charge on any atom is 0.0361 e. The molecule has 1 saturated carbocycles. The quantitative estimate of drug-likeness (QED) is 0.580. The van der Waals surface area contributed by atoms with Gasteiger partial charge in [0.25, 0.3) is 0 Å². The highest BCUT2D eigenvalue weighted by molar-refractivity contribution is 6.20. The molecule has 0 aromatic heterocycles. The Labute approximate surface area is 88.1 Å². The fourth-order valence-corrected chi connectivity index (χ4v) is 3.22. The Hall–Kier alpha value is 0.290. The average Bonchev–Trinajstić information content (AvgIpc) is 1.99. The molecule has 3 unspecified atom stereocenters. The highest BCUT2D eigenvalue weighted by Crippen LogP contribution is 2.44. The Morgan fingerprint density at radius 2 is 2.00 bits per heavy atom. The summed E-state index contributed by atoms with van der Waals surface area (Å²) in [5.41, 5.74) is 0.518. The number of hydrogen-bond acceptors (Lipinski definition) is 0. The van der Waals surface area contributed by atoms with E-state index in [1.165, 1.54) is 19.3 Å². The first-order chi connectivity index (χ1) is 5.94. The van der Waals surface area contributed by atoms with Gasteiger partial charge in [0.15, 0.2) is 0 Å². The van der Waals surface area contributed by atoms with Crippen molar-refractivity contribution in [3.63, 3.8) is 0 Å². The number of rotatable bonds is 2. The Bertz CT molecular complexity index is 163. The van der Waals surface area contributed by atoms with Crippen LogP contribution in [-0.4, -0.2) is 5.38 Å². The van der Waals surface area contributed by atoms with Crippen LogP contribution in [0.3, 0.4) is 0 Å². The zero-order valence-corrected chi connectivity index (χ0v) is 10.2. The van der Waals surface area contributed by atoms with Crippen LogP contribution in [0.25, 0.3) is 0 Å². The summed E-state index contributed by atoms with van der Waals surface area (Å²) in [7, 11) is 0. The lowest BCUT2D eigenvalue weighted by Crippen LogP contribution is -2.31. The minimum atomic E-state index is 0.405. The Morgan fingerprint density at radius 3 is 2.46 bits per heavy atom. The summed E-state index contributed by atoms with van der Waals surface area (Å²) in [6.45, 7) is 9.33. The Morgan fingerprint density at radius 1 is 1.38 bits per heavy atom. The van der Waals surface area contributed by atoms with E-state index in [2.05, 4.69) is 27.7 Å². The van der Waals surface area contributed by atoms with Crippen molar-refractivity contribution in [1.82, 2.24) is 0 Å². The first-order valence-corrected chi connectivity index (χ1v) is 6.02. The van der Waals surface area contributed by atoms with Crippen LogP contribution < -0.4 is 0 Å². The summed E-state index contributed by atoms with van der Waals surface area (Å²) in [4.78, 5) is 0. The Kier molecular flexibility index (Phi) is 3.68. The van der Waals surface area contributed by atoms with E-state index < -0.39 is 0 Å². The van der Waals surface area contributed by atoms with E-state index in [-0.39, 0.29) is 0 Å². The Balaban J connectivity index is 2.57. The van der Waals surface area contributed by atoms with Crippen LogP contribution in [0.4, 0.5) is 0 Å². The lowest BCUT2D eigenvalue weighted by molar-refractivity contribution is 0.129. The molecule has 1 aliphatic rings. The third-order valence-electron chi connectivity index (χ3n) is 3.32. The van der Waals surface area contributed by atoms with Crippen molar-refractivity contribution in [3.8, 4) is 0 Å². The molecule has 3 atom stereocenters. The second kappa shape index (κ2) is 4.21. The molecule has 0 bridgehead atoms. The van der Waals surface area contributed by atoms with Gasteiger partial charge in [-0.3, -0.25) is 0 Å². The van der Waals surface area contributed by atoms with Gasteiger partial charge in [-0.25, -0.2) is 0 Å². The summed E-state index contributed by atoms with van der Waals surface area (Å²) in [6, 6.07) is 0. The van der Waals surface area contributed by atoms with Crippen molar-refractivity contribution < 1.29 is 0 Å². The first-order valence-electron chi connectivity index (χ1n) is 5.58. The molecule has 0 heterocycles. The van der Waals surface area contributed by atoms with Crippen LogP contribution in [0, 0.1) is 17.3 Å². The maximum atomic E-state index is 6.34. The van der Waals surface area contributed by atoms with Gasteiger partial charge in [-0.15, -0.1) is 11.6 Å². The lowest BCUT2D eigenvalue weighted by Gasteiger charge is -2.40. The van der Waals surface area contributed by atoms with Crippen LogP contribution in [0.5, 0.6) is 0 Å².